The molecule has 35 heavy (non-hydrogen) atoms. The summed E-state index contributed by atoms with van der Waals surface area (Å²) in [4.78, 5) is 43.5. The van der Waals surface area contributed by atoms with Crippen LogP contribution >= 0.6 is 0 Å². The van der Waals surface area contributed by atoms with Crippen LogP contribution in [0, 0.1) is 0 Å². The minimum atomic E-state index is -1.12. The number of pyridine rings is 1. The molecule has 0 atom stereocenters. The predicted molar refractivity (Wildman–Crippen MR) is 124 cm³/mol. The number of carboxylic acids is 1. The number of methoxy groups -OCH3 is 2. The topological polar surface area (TPSA) is 127 Å². The Morgan fingerprint density at radius 3 is 2.51 bits per heavy atom. The van der Waals surface area contributed by atoms with Crippen molar-refractivity contribution in [2.24, 2.45) is 0 Å². The minimum Gasteiger partial charge on any atom is -0.496 e. The van der Waals surface area contributed by atoms with Gasteiger partial charge < -0.3 is 29.5 Å². The molecule has 3 aromatic rings. The second-order valence-electron chi connectivity index (χ2n) is 8.42. The molecule has 0 unspecified atom stereocenters. The van der Waals surface area contributed by atoms with Crippen LogP contribution in [-0.4, -0.2) is 65.8 Å². The lowest BCUT2D eigenvalue weighted by atomic mass is 9.96. The van der Waals surface area contributed by atoms with Gasteiger partial charge in [-0.15, -0.1) is 0 Å². The highest BCUT2D eigenvalue weighted by Gasteiger charge is 2.43. The predicted octanol–water partition coefficient (Wildman–Crippen LogP) is 2.70. The van der Waals surface area contributed by atoms with Crippen molar-refractivity contribution in [3.63, 3.8) is 0 Å². The molecule has 0 aliphatic carbocycles. The summed E-state index contributed by atoms with van der Waals surface area (Å²) in [6, 6.07) is 11.3. The van der Waals surface area contributed by atoms with Crippen LogP contribution in [-0.2, 0) is 0 Å². The van der Waals surface area contributed by atoms with Gasteiger partial charge in [0.15, 0.2) is 5.72 Å². The minimum absolute atomic E-state index is 0.00816. The van der Waals surface area contributed by atoms with Crippen LogP contribution in [0.4, 0.5) is 0 Å². The van der Waals surface area contributed by atoms with Gasteiger partial charge in [-0.2, -0.15) is 0 Å². The standard InChI is InChI=1S/C25H23N3O7/c1-33-19-5-3-4-15-20(34-2)13-17(26-21(15)19)23(30)28-10-8-25(9-11-28)27-22(29)16-12-14(24(31)32)6-7-18(16)35-25/h3-7,12-13H,8-11H2,1-2H3,(H,27,29)(H,31,32). The third-order valence-corrected chi connectivity index (χ3v) is 6.40. The average molecular weight is 477 g/mol. The molecule has 1 saturated heterocycles. The first-order chi connectivity index (χ1) is 16.8. The number of nitrogens with zero attached hydrogens (tertiary/aromatic N) is 2. The van der Waals surface area contributed by atoms with Gasteiger partial charge in [0.1, 0.15) is 28.5 Å². The number of piperidine rings is 1. The van der Waals surface area contributed by atoms with E-state index in [1.165, 1.54) is 25.3 Å². The quantitative estimate of drug-likeness (QED) is 0.587. The van der Waals surface area contributed by atoms with Gasteiger partial charge in [-0.05, 0) is 30.3 Å². The molecule has 2 N–H and O–H groups in total. The monoisotopic (exact) mass is 477 g/mol. The first kappa shape index (κ1) is 22.5. The second kappa shape index (κ2) is 8.46. The summed E-state index contributed by atoms with van der Waals surface area (Å²) >= 11 is 0. The highest BCUT2D eigenvalue weighted by Crippen LogP contribution is 2.35. The van der Waals surface area contributed by atoms with E-state index < -0.39 is 17.6 Å². The summed E-state index contributed by atoms with van der Waals surface area (Å²) < 4.78 is 17.0. The zero-order valence-corrected chi connectivity index (χ0v) is 19.2. The van der Waals surface area contributed by atoms with Gasteiger partial charge in [0, 0.05) is 37.4 Å². The number of ether oxygens (including phenoxy) is 3. The van der Waals surface area contributed by atoms with Crippen molar-refractivity contribution in [3.8, 4) is 17.2 Å². The maximum atomic E-state index is 13.3. The van der Waals surface area contributed by atoms with E-state index in [9.17, 15) is 19.5 Å². The summed E-state index contributed by atoms with van der Waals surface area (Å²) in [5, 5.41) is 12.8. The number of carbonyl (C=O) groups is 3. The number of hydrogen-bond donors (Lipinski definition) is 2. The van der Waals surface area contributed by atoms with E-state index in [1.807, 2.05) is 12.1 Å². The van der Waals surface area contributed by atoms with Crippen molar-refractivity contribution < 1.29 is 33.7 Å². The molecule has 2 aliphatic rings. The Labute approximate surface area is 200 Å². The lowest BCUT2D eigenvalue weighted by Gasteiger charge is -2.44. The number of nitrogens with one attached hydrogen (secondary N) is 1. The smallest absolute Gasteiger partial charge is 0.335 e. The third-order valence-electron chi connectivity index (χ3n) is 6.40. The first-order valence-electron chi connectivity index (χ1n) is 11.0. The normalized spacial score (nSPS) is 16.3. The molecule has 2 aromatic carbocycles. The Kier molecular flexibility index (Phi) is 5.43. The molecule has 10 heteroatoms. The number of hydrogen-bond acceptors (Lipinski definition) is 7. The van der Waals surface area contributed by atoms with Crippen molar-refractivity contribution in [2.75, 3.05) is 27.3 Å². The van der Waals surface area contributed by atoms with Crippen LogP contribution < -0.4 is 19.5 Å². The maximum Gasteiger partial charge on any atom is 0.335 e. The largest absolute Gasteiger partial charge is 0.496 e. The number of rotatable bonds is 4. The summed E-state index contributed by atoms with van der Waals surface area (Å²) in [6.45, 7) is 0.658. The SMILES string of the molecule is COc1cc(C(=O)N2CCC3(CC2)NC(=O)c2cc(C(=O)O)ccc2O3)nc2c(OC)cccc12. The lowest BCUT2D eigenvalue weighted by molar-refractivity contribution is -0.0246. The number of para-hydroxylation sites is 1. The number of benzene rings is 2. The van der Waals surface area contributed by atoms with Gasteiger partial charge in [-0.25, -0.2) is 9.78 Å². The van der Waals surface area contributed by atoms with Gasteiger partial charge in [0.25, 0.3) is 11.8 Å². The molecular weight excluding hydrogens is 454 g/mol. The number of aromatic carboxylic acids is 1. The van der Waals surface area contributed by atoms with Gasteiger partial charge in [0.2, 0.25) is 0 Å². The molecule has 3 heterocycles. The molecule has 5 rings (SSSR count). The summed E-state index contributed by atoms with van der Waals surface area (Å²) in [7, 11) is 3.08. The zero-order valence-electron chi connectivity index (χ0n) is 19.2. The van der Waals surface area contributed by atoms with Crippen LogP contribution in [0.3, 0.4) is 0 Å². The van der Waals surface area contributed by atoms with E-state index in [1.54, 1.807) is 24.1 Å². The fraction of sp³-hybridized carbons (Fsp3) is 0.280. The van der Waals surface area contributed by atoms with Crippen molar-refractivity contribution in [1.82, 2.24) is 15.2 Å². The Hall–Kier alpha value is -4.34. The van der Waals surface area contributed by atoms with Gasteiger partial charge in [-0.3, -0.25) is 9.59 Å². The molecule has 180 valence electrons. The average Bonchev–Trinajstić information content (AvgIpc) is 2.87. The molecule has 1 spiro atoms. The highest BCUT2D eigenvalue weighted by atomic mass is 16.5. The zero-order chi connectivity index (χ0) is 24.7. The Morgan fingerprint density at radius 2 is 1.83 bits per heavy atom. The van der Waals surface area contributed by atoms with E-state index in [-0.39, 0.29) is 22.7 Å². The summed E-state index contributed by atoms with van der Waals surface area (Å²) in [5.41, 5.74) is -0.0193. The number of carboxylic acid groups (broad SMARTS) is 1. The van der Waals surface area contributed by atoms with Gasteiger partial charge in [0.05, 0.1) is 25.3 Å². The molecule has 10 nitrogen and oxygen atoms in total. The van der Waals surface area contributed by atoms with Crippen molar-refractivity contribution in [3.05, 3.63) is 59.3 Å². The van der Waals surface area contributed by atoms with Crippen molar-refractivity contribution >= 4 is 28.7 Å². The molecule has 1 fully saturated rings. The van der Waals surface area contributed by atoms with Crippen LogP contribution in [0.25, 0.3) is 10.9 Å². The number of carbonyl (C=O) groups excluding carboxylic acids is 2. The molecule has 2 amide bonds. The fourth-order valence-electron chi connectivity index (χ4n) is 4.53. The van der Waals surface area contributed by atoms with E-state index in [2.05, 4.69) is 10.3 Å². The van der Waals surface area contributed by atoms with Crippen molar-refractivity contribution in [2.45, 2.75) is 18.6 Å². The van der Waals surface area contributed by atoms with E-state index in [0.29, 0.717) is 48.7 Å². The van der Waals surface area contributed by atoms with Crippen molar-refractivity contribution in [1.29, 1.82) is 0 Å². The molecular formula is C25H23N3O7. The number of likely N-dealkylation sites (tertiary alicyclic amines) is 1. The maximum absolute atomic E-state index is 13.3. The van der Waals surface area contributed by atoms with Crippen LogP contribution in [0.15, 0.2) is 42.5 Å². The van der Waals surface area contributed by atoms with E-state index in [0.717, 1.165) is 5.39 Å². The van der Waals surface area contributed by atoms with E-state index >= 15 is 0 Å². The molecule has 0 bridgehead atoms. The van der Waals surface area contributed by atoms with E-state index in [4.69, 9.17) is 14.2 Å². The Balaban J connectivity index is 1.36. The second-order valence-corrected chi connectivity index (χ2v) is 8.42. The summed E-state index contributed by atoms with van der Waals surface area (Å²) in [5.74, 6) is -0.403. The van der Waals surface area contributed by atoms with Gasteiger partial charge >= 0.3 is 5.97 Å². The molecule has 1 aromatic heterocycles. The van der Waals surface area contributed by atoms with Gasteiger partial charge in [-0.1, -0.05) is 6.07 Å². The van der Waals surface area contributed by atoms with Crippen LogP contribution in [0.2, 0.25) is 0 Å². The third kappa shape index (κ3) is 3.86. The molecule has 0 radical (unpaired) electrons. The fourth-order valence-corrected chi connectivity index (χ4v) is 4.53. The lowest BCUT2D eigenvalue weighted by Crippen LogP contribution is -2.61. The first-order valence-corrected chi connectivity index (χ1v) is 11.0. The Morgan fingerprint density at radius 1 is 1.09 bits per heavy atom. The summed E-state index contributed by atoms with van der Waals surface area (Å²) in [6.07, 6.45) is 0.720. The number of amides is 2. The number of aromatic nitrogens is 1. The number of fused-ring (bicyclic) bond motifs is 2. The Bertz CT molecular complexity index is 1360. The van der Waals surface area contributed by atoms with Crippen LogP contribution in [0.5, 0.6) is 17.2 Å². The molecule has 0 saturated carbocycles. The molecule has 2 aliphatic heterocycles. The highest BCUT2D eigenvalue weighted by molar-refractivity contribution is 6.01. The van der Waals surface area contributed by atoms with Crippen LogP contribution in [0.1, 0.15) is 44.0 Å².